The van der Waals surface area contributed by atoms with Gasteiger partial charge in [-0.2, -0.15) is 5.10 Å². The van der Waals surface area contributed by atoms with Crippen molar-refractivity contribution in [2.75, 3.05) is 19.8 Å². The maximum Gasteiger partial charge on any atom is 0.247 e. The van der Waals surface area contributed by atoms with Crippen LogP contribution in [0.25, 0.3) is 6.08 Å². The van der Waals surface area contributed by atoms with Crippen molar-refractivity contribution in [1.29, 1.82) is 0 Å². The largest absolute Gasteiger partial charge is 0.490 e. The quantitative estimate of drug-likeness (QED) is 0.796. The maximum absolute atomic E-state index is 12.7. The molecule has 0 N–H and O–H groups in total. The number of carbonyl (C=O) groups excluding carboxylic acids is 1. The van der Waals surface area contributed by atoms with Crippen molar-refractivity contribution in [2.24, 2.45) is 7.05 Å². The fourth-order valence-corrected chi connectivity index (χ4v) is 3.55. The molecule has 0 saturated carbocycles. The van der Waals surface area contributed by atoms with E-state index >= 15 is 0 Å². The lowest BCUT2D eigenvalue weighted by molar-refractivity contribution is -0.126. The molecule has 26 heavy (non-hydrogen) atoms. The first-order chi connectivity index (χ1) is 12.7. The summed E-state index contributed by atoms with van der Waals surface area (Å²) in [5, 5.41) is 4.12. The Morgan fingerprint density at radius 2 is 2.08 bits per heavy atom. The van der Waals surface area contributed by atoms with Crippen molar-refractivity contribution in [2.45, 2.75) is 25.3 Å². The van der Waals surface area contributed by atoms with Gasteiger partial charge in [-0.25, -0.2) is 0 Å². The summed E-state index contributed by atoms with van der Waals surface area (Å²) >= 11 is 0. The number of hydrogen-bond acceptors (Lipinski definition) is 4. The maximum atomic E-state index is 12.7. The second-order valence-corrected chi connectivity index (χ2v) is 6.73. The molecule has 1 atom stereocenters. The number of aromatic nitrogens is 2. The number of fused-ring (bicyclic) bond motifs is 1. The summed E-state index contributed by atoms with van der Waals surface area (Å²) in [7, 11) is 1.86. The molecule has 136 valence electrons. The van der Waals surface area contributed by atoms with Crippen LogP contribution in [0, 0.1) is 0 Å². The van der Waals surface area contributed by atoms with Crippen LogP contribution in [0.4, 0.5) is 0 Å². The lowest BCUT2D eigenvalue weighted by Gasteiger charge is -2.24. The van der Waals surface area contributed by atoms with Gasteiger partial charge in [-0.1, -0.05) is 6.07 Å². The van der Waals surface area contributed by atoms with Gasteiger partial charge in [0.2, 0.25) is 5.91 Å². The summed E-state index contributed by atoms with van der Waals surface area (Å²) in [6.07, 6.45) is 9.94. The van der Waals surface area contributed by atoms with E-state index in [4.69, 9.17) is 9.47 Å². The predicted octanol–water partition coefficient (Wildman–Crippen LogP) is 2.96. The molecule has 1 saturated heterocycles. The van der Waals surface area contributed by atoms with Gasteiger partial charge in [0, 0.05) is 37.8 Å². The van der Waals surface area contributed by atoms with Gasteiger partial charge in [0.1, 0.15) is 0 Å². The Morgan fingerprint density at radius 1 is 1.23 bits per heavy atom. The molecule has 3 heterocycles. The highest BCUT2D eigenvalue weighted by molar-refractivity contribution is 5.92. The Morgan fingerprint density at radius 3 is 2.88 bits per heavy atom. The molecule has 2 aliphatic heterocycles. The standard InChI is InChI=1S/C20H23N3O3/c1-22-14-15(13-21-22)5-8-20(24)23-9-2-4-17(23)16-6-7-18-19(12-16)26-11-3-10-25-18/h5-8,12-14,17H,2-4,9-11H2,1H3/b8-5+/t17-/m1/s1. The summed E-state index contributed by atoms with van der Waals surface area (Å²) in [4.78, 5) is 14.6. The van der Waals surface area contributed by atoms with Gasteiger partial charge in [0.25, 0.3) is 0 Å². The molecule has 1 amide bonds. The first-order valence-electron chi connectivity index (χ1n) is 9.07. The van der Waals surface area contributed by atoms with Crippen LogP contribution in [0.5, 0.6) is 11.5 Å². The number of amides is 1. The van der Waals surface area contributed by atoms with Crippen LogP contribution in [0.15, 0.2) is 36.7 Å². The van der Waals surface area contributed by atoms with E-state index in [1.807, 2.05) is 36.4 Å². The third kappa shape index (κ3) is 3.45. The van der Waals surface area contributed by atoms with Crippen molar-refractivity contribution >= 4 is 12.0 Å². The van der Waals surface area contributed by atoms with Gasteiger partial charge in [0.15, 0.2) is 11.5 Å². The van der Waals surface area contributed by atoms with Crippen molar-refractivity contribution in [3.63, 3.8) is 0 Å². The smallest absolute Gasteiger partial charge is 0.247 e. The number of rotatable bonds is 3. The molecule has 4 rings (SSSR count). The average Bonchev–Trinajstić information content (AvgIpc) is 3.23. The van der Waals surface area contributed by atoms with Crippen LogP contribution in [0.1, 0.15) is 36.4 Å². The van der Waals surface area contributed by atoms with Crippen molar-refractivity contribution < 1.29 is 14.3 Å². The minimum atomic E-state index is 0.0310. The zero-order valence-corrected chi connectivity index (χ0v) is 14.9. The molecular formula is C20H23N3O3. The monoisotopic (exact) mass is 353 g/mol. The second kappa shape index (κ2) is 7.23. The molecule has 1 aromatic carbocycles. The number of ether oxygens (including phenoxy) is 2. The SMILES string of the molecule is Cn1cc(/C=C/C(=O)N2CCC[C@@H]2c2ccc3c(c2)OCCCO3)cn1. The summed E-state index contributed by atoms with van der Waals surface area (Å²) in [5.74, 6) is 1.60. The topological polar surface area (TPSA) is 56.6 Å². The molecule has 1 aromatic heterocycles. The fraction of sp³-hybridized carbons (Fsp3) is 0.400. The molecule has 6 nitrogen and oxygen atoms in total. The van der Waals surface area contributed by atoms with Crippen molar-refractivity contribution in [3.05, 3.63) is 47.8 Å². The Labute approximate surface area is 153 Å². The van der Waals surface area contributed by atoms with Crippen LogP contribution < -0.4 is 9.47 Å². The van der Waals surface area contributed by atoms with E-state index < -0.39 is 0 Å². The molecule has 0 bridgehead atoms. The first kappa shape index (κ1) is 16.7. The van der Waals surface area contributed by atoms with Crippen LogP contribution in [-0.4, -0.2) is 40.3 Å². The summed E-state index contributed by atoms with van der Waals surface area (Å²) in [6, 6.07) is 6.12. The molecule has 2 aliphatic rings. The highest BCUT2D eigenvalue weighted by atomic mass is 16.5. The number of aryl methyl sites for hydroxylation is 1. The molecule has 0 aliphatic carbocycles. The Balaban J connectivity index is 1.52. The minimum absolute atomic E-state index is 0.0310. The molecule has 6 heteroatoms. The summed E-state index contributed by atoms with van der Waals surface area (Å²) < 4.78 is 13.2. The predicted molar refractivity (Wildman–Crippen MR) is 98.0 cm³/mol. The first-order valence-corrected chi connectivity index (χ1v) is 9.07. The van der Waals surface area contributed by atoms with Gasteiger partial charge >= 0.3 is 0 Å². The van der Waals surface area contributed by atoms with Gasteiger partial charge < -0.3 is 14.4 Å². The van der Waals surface area contributed by atoms with Gasteiger partial charge in [-0.3, -0.25) is 9.48 Å². The fourth-order valence-electron chi connectivity index (χ4n) is 3.55. The van der Waals surface area contributed by atoms with Crippen molar-refractivity contribution in [3.8, 4) is 11.5 Å². The van der Waals surface area contributed by atoms with Crippen LogP contribution in [0.3, 0.4) is 0 Å². The number of likely N-dealkylation sites (tertiary alicyclic amines) is 1. The normalized spacial score (nSPS) is 19.7. The Hall–Kier alpha value is -2.76. The molecule has 0 radical (unpaired) electrons. The van der Waals surface area contributed by atoms with E-state index in [-0.39, 0.29) is 11.9 Å². The lowest BCUT2D eigenvalue weighted by Crippen LogP contribution is -2.28. The Bertz CT molecular complexity index is 827. The molecule has 0 spiro atoms. The summed E-state index contributed by atoms with van der Waals surface area (Å²) in [5.41, 5.74) is 2.03. The third-order valence-electron chi connectivity index (χ3n) is 4.84. The lowest BCUT2D eigenvalue weighted by atomic mass is 10.0. The van der Waals surface area contributed by atoms with Crippen LogP contribution in [-0.2, 0) is 11.8 Å². The zero-order valence-electron chi connectivity index (χ0n) is 14.9. The molecular weight excluding hydrogens is 330 g/mol. The van der Waals surface area contributed by atoms with Gasteiger partial charge in [-0.15, -0.1) is 0 Å². The third-order valence-corrected chi connectivity index (χ3v) is 4.84. The molecule has 1 fully saturated rings. The zero-order chi connectivity index (χ0) is 17.9. The second-order valence-electron chi connectivity index (χ2n) is 6.73. The van der Waals surface area contributed by atoms with Gasteiger partial charge in [-0.05, 0) is 36.6 Å². The van der Waals surface area contributed by atoms with Crippen LogP contribution in [0.2, 0.25) is 0 Å². The van der Waals surface area contributed by atoms with E-state index in [0.29, 0.717) is 13.2 Å². The number of benzene rings is 1. The van der Waals surface area contributed by atoms with Gasteiger partial charge in [0.05, 0.1) is 25.5 Å². The van der Waals surface area contributed by atoms with E-state index in [2.05, 4.69) is 11.2 Å². The molecule has 2 aromatic rings. The van der Waals surface area contributed by atoms with Crippen LogP contribution >= 0.6 is 0 Å². The number of carbonyl (C=O) groups is 1. The number of hydrogen-bond donors (Lipinski definition) is 0. The highest BCUT2D eigenvalue weighted by Crippen LogP contribution is 2.38. The van der Waals surface area contributed by atoms with Crippen molar-refractivity contribution in [1.82, 2.24) is 14.7 Å². The summed E-state index contributed by atoms with van der Waals surface area (Å²) in [6.45, 7) is 2.12. The highest BCUT2D eigenvalue weighted by Gasteiger charge is 2.29. The van der Waals surface area contributed by atoms with E-state index in [9.17, 15) is 4.79 Å². The molecule has 0 unspecified atom stereocenters. The Kier molecular flexibility index (Phi) is 4.65. The number of nitrogens with zero attached hydrogens (tertiary/aromatic N) is 3. The minimum Gasteiger partial charge on any atom is -0.490 e. The van der Waals surface area contributed by atoms with E-state index in [1.165, 1.54) is 0 Å². The average molecular weight is 353 g/mol. The van der Waals surface area contributed by atoms with E-state index in [1.54, 1.807) is 17.0 Å². The van der Waals surface area contributed by atoms with E-state index in [0.717, 1.165) is 48.4 Å².